The summed E-state index contributed by atoms with van der Waals surface area (Å²) in [5.74, 6) is -5.11. The monoisotopic (exact) mass is 374 g/mol. The molecule has 1 saturated heterocycles. The van der Waals surface area contributed by atoms with Crippen LogP contribution in [0.4, 0.5) is 23.2 Å². The van der Waals surface area contributed by atoms with Crippen LogP contribution in [0.15, 0.2) is 18.2 Å². The van der Waals surface area contributed by atoms with E-state index >= 15 is 0 Å². The Kier molecular flexibility index (Phi) is 4.16. The van der Waals surface area contributed by atoms with Gasteiger partial charge in [-0.15, -0.1) is 0 Å². The van der Waals surface area contributed by atoms with E-state index in [1.807, 2.05) is 0 Å². The normalized spacial score (nSPS) is 25.6. The van der Waals surface area contributed by atoms with Crippen molar-refractivity contribution in [2.45, 2.75) is 24.9 Å². The topological polar surface area (TPSA) is 86.7 Å². The van der Waals surface area contributed by atoms with Crippen LogP contribution in [0.1, 0.15) is 24.3 Å². The molecule has 0 saturated carbocycles. The van der Waals surface area contributed by atoms with Crippen LogP contribution in [0.5, 0.6) is 0 Å². The molecule has 2 atom stereocenters. The molecule has 0 aliphatic carbocycles. The first-order valence-electron chi connectivity index (χ1n) is 7.73. The molecule has 2 aliphatic heterocycles. The maximum Gasteiger partial charge on any atom is 0.406 e. The summed E-state index contributed by atoms with van der Waals surface area (Å²) in [4.78, 5) is 36.6. The highest BCUT2D eigenvalue weighted by Gasteiger charge is 2.64. The first-order valence-corrected chi connectivity index (χ1v) is 7.73. The number of carbonyl (C=O) groups is 3. The Hall–Kier alpha value is -2.65. The van der Waals surface area contributed by atoms with Gasteiger partial charge >= 0.3 is 12.1 Å². The van der Waals surface area contributed by atoms with Gasteiger partial charge in [0, 0.05) is 25.2 Å². The molecule has 140 valence electrons. The molecule has 1 aromatic rings. The van der Waals surface area contributed by atoms with Crippen LogP contribution >= 0.6 is 0 Å². The van der Waals surface area contributed by atoms with Gasteiger partial charge in [-0.3, -0.25) is 14.4 Å². The summed E-state index contributed by atoms with van der Waals surface area (Å²) in [7, 11) is 0. The number of carboxylic acids is 1. The quantitative estimate of drug-likeness (QED) is 0.777. The van der Waals surface area contributed by atoms with Gasteiger partial charge in [0.2, 0.25) is 11.8 Å². The number of anilines is 1. The number of benzene rings is 1. The smallest absolute Gasteiger partial charge is 0.406 e. The number of fused-ring (bicyclic) bond motifs is 1. The third kappa shape index (κ3) is 2.78. The largest absolute Gasteiger partial charge is 0.481 e. The molecule has 0 bridgehead atoms. The van der Waals surface area contributed by atoms with Crippen molar-refractivity contribution >= 4 is 23.5 Å². The van der Waals surface area contributed by atoms with Crippen LogP contribution in [-0.2, 0) is 14.4 Å². The number of nitrogens with one attached hydrogen (secondary N) is 1. The van der Waals surface area contributed by atoms with E-state index in [4.69, 9.17) is 5.11 Å². The van der Waals surface area contributed by atoms with Crippen molar-refractivity contribution < 1.29 is 37.1 Å². The lowest BCUT2D eigenvalue weighted by Crippen LogP contribution is -2.48. The third-order valence-electron chi connectivity index (χ3n) is 4.89. The highest BCUT2D eigenvalue weighted by molar-refractivity contribution is 6.01. The van der Waals surface area contributed by atoms with Crippen LogP contribution in [0.2, 0.25) is 0 Å². The Morgan fingerprint density at radius 2 is 2.00 bits per heavy atom. The molecule has 26 heavy (non-hydrogen) atoms. The van der Waals surface area contributed by atoms with E-state index in [0.717, 1.165) is 17.0 Å². The summed E-state index contributed by atoms with van der Waals surface area (Å²) in [6.45, 7) is -1.40. The van der Waals surface area contributed by atoms with Gasteiger partial charge in [0.05, 0.1) is 5.92 Å². The summed E-state index contributed by atoms with van der Waals surface area (Å²) in [6, 6.07) is 3.39. The number of aliphatic carboxylic acids is 1. The second-order valence-corrected chi connectivity index (χ2v) is 6.43. The molecule has 1 fully saturated rings. The van der Waals surface area contributed by atoms with Gasteiger partial charge in [-0.05, 0) is 24.1 Å². The van der Waals surface area contributed by atoms with Crippen molar-refractivity contribution in [2.24, 2.45) is 5.41 Å². The van der Waals surface area contributed by atoms with E-state index < -0.39 is 54.1 Å². The Bertz CT molecular complexity index is 795. The SMILES string of the molecule is O=C1CC(C(=O)N2CCC(C(=O)O)(C(F)(F)F)C2)c2ccc(F)cc2N1. The second-order valence-electron chi connectivity index (χ2n) is 6.43. The summed E-state index contributed by atoms with van der Waals surface area (Å²) >= 11 is 0. The van der Waals surface area contributed by atoms with Crippen LogP contribution in [-0.4, -0.2) is 47.1 Å². The highest BCUT2D eigenvalue weighted by atomic mass is 19.4. The van der Waals surface area contributed by atoms with Crippen molar-refractivity contribution in [1.29, 1.82) is 0 Å². The molecule has 2 N–H and O–H groups in total. The number of hydrogen-bond acceptors (Lipinski definition) is 3. The fourth-order valence-electron chi connectivity index (χ4n) is 3.40. The summed E-state index contributed by atoms with van der Waals surface area (Å²) in [5.41, 5.74) is -2.65. The average molecular weight is 374 g/mol. The Balaban J connectivity index is 1.90. The fourth-order valence-corrected chi connectivity index (χ4v) is 3.40. The van der Waals surface area contributed by atoms with Gasteiger partial charge in [0.1, 0.15) is 5.82 Å². The molecule has 2 unspecified atom stereocenters. The number of hydrogen-bond donors (Lipinski definition) is 2. The average Bonchev–Trinajstić information content (AvgIpc) is 2.99. The highest BCUT2D eigenvalue weighted by Crippen LogP contribution is 2.46. The Labute approximate surface area is 144 Å². The number of carbonyl (C=O) groups excluding carboxylic acids is 2. The number of rotatable bonds is 2. The lowest BCUT2D eigenvalue weighted by atomic mass is 9.86. The molecule has 0 radical (unpaired) electrons. The number of nitrogens with zero attached hydrogens (tertiary/aromatic N) is 1. The molecular formula is C16H14F4N2O4. The standard InChI is InChI=1S/C16H14F4N2O4/c17-8-1-2-9-10(6-12(23)21-11(9)5-8)13(24)22-4-3-15(7-22,14(25)26)16(18,19)20/h1-2,5,10H,3-4,6-7H2,(H,21,23)(H,25,26). The van der Waals surface area contributed by atoms with E-state index in [1.165, 1.54) is 6.07 Å². The van der Waals surface area contributed by atoms with Crippen molar-refractivity contribution in [1.82, 2.24) is 4.90 Å². The Morgan fingerprint density at radius 1 is 1.31 bits per heavy atom. The number of halogens is 4. The lowest BCUT2D eigenvalue weighted by molar-refractivity contribution is -0.227. The Morgan fingerprint density at radius 3 is 2.58 bits per heavy atom. The molecule has 10 heteroatoms. The van der Waals surface area contributed by atoms with Crippen molar-refractivity contribution in [2.75, 3.05) is 18.4 Å². The zero-order valence-corrected chi connectivity index (χ0v) is 13.3. The minimum atomic E-state index is -5.02. The lowest BCUT2D eigenvalue weighted by Gasteiger charge is -2.30. The van der Waals surface area contributed by atoms with Crippen LogP contribution in [0.3, 0.4) is 0 Å². The molecule has 1 aromatic carbocycles. The van der Waals surface area contributed by atoms with E-state index in [9.17, 15) is 31.9 Å². The van der Waals surface area contributed by atoms with Crippen molar-refractivity contribution in [3.05, 3.63) is 29.6 Å². The zero-order valence-electron chi connectivity index (χ0n) is 13.3. The summed E-state index contributed by atoms with van der Waals surface area (Å²) in [5, 5.41) is 11.5. The molecular weight excluding hydrogens is 360 g/mol. The molecule has 2 heterocycles. The van der Waals surface area contributed by atoms with E-state index in [0.29, 0.717) is 0 Å². The molecule has 2 amide bonds. The minimum Gasteiger partial charge on any atom is -0.481 e. The number of carboxylic acid groups (broad SMARTS) is 1. The zero-order chi connectivity index (χ0) is 19.3. The molecule has 2 aliphatic rings. The van der Waals surface area contributed by atoms with Gasteiger partial charge in [-0.1, -0.05) is 6.07 Å². The summed E-state index contributed by atoms with van der Waals surface area (Å²) < 4.78 is 53.1. The third-order valence-corrected chi connectivity index (χ3v) is 4.89. The summed E-state index contributed by atoms with van der Waals surface area (Å²) in [6.07, 6.45) is -6.08. The molecule has 0 aromatic heterocycles. The van der Waals surface area contributed by atoms with Gasteiger partial charge in [0.15, 0.2) is 5.41 Å². The van der Waals surface area contributed by atoms with Crippen molar-refractivity contribution in [3.8, 4) is 0 Å². The predicted molar refractivity (Wildman–Crippen MR) is 79.7 cm³/mol. The minimum absolute atomic E-state index is 0.0825. The van der Waals surface area contributed by atoms with E-state index in [1.54, 1.807) is 0 Å². The van der Waals surface area contributed by atoms with Crippen LogP contribution in [0, 0.1) is 11.2 Å². The number of amides is 2. The molecule has 0 spiro atoms. The molecule has 6 nitrogen and oxygen atoms in total. The number of alkyl halides is 3. The first kappa shape index (κ1) is 18.2. The van der Waals surface area contributed by atoms with Gasteiger partial charge < -0.3 is 15.3 Å². The van der Waals surface area contributed by atoms with Crippen LogP contribution < -0.4 is 5.32 Å². The van der Waals surface area contributed by atoms with Crippen LogP contribution in [0.25, 0.3) is 0 Å². The fraction of sp³-hybridized carbons (Fsp3) is 0.438. The van der Waals surface area contributed by atoms with Crippen molar-refractivity contribution in [3.63, 3.8) is 0 Å². The van der Waals surface area contributed by atoms with Gasteiger partial charge in [-0.25, -0.2) is 4.39 Å². The predicted octanol–water partition coefficient (Wildman–Crippen LogP) is 2.12. The maximum atomic E-state index is 13.3. The van der Waals surface area contributed by atoms with E-state index in [-0.39, 0.29) is 24.2 Å². The van der Waals surface area contributed by atoms with Gasteiger partial charge in [-0.2, -0.15) is 13.2 Å². The first-order chi connectivity index (χ1) is 12.0. The molecule has 3 rings (SSSR count). The number of likely N-dealkylation sites (tertiary alicyclic amines) is 1. The van der Waals surface area contributed by atoms with Gasteiger partial charge in [0.25, 0.3) is 0 Å². The maximum absolute atomic E-state index is 13.3. The van der Waals surface area contributed by atoms with E-state index in [2.05, 4.69) is 5.32 Å². The second kappa shape index (κ2) is 5.96.